The Morgan fingerprint density at radius 2 is 1.50 bits per heavy atom. The molecule has 1 aliphatic rings. The number of rotatable bonds is 6. The van der Waals surface area contributed by atoms with Crippen molar-refractivity contribution >= 4 is 31.9 Å². The molecular formula is C18H24N2O5Si. The second kappa shape index (κ2) is 7.12. The van der Waals surface area contributed by atoms with Crippen molar-refractivity contribution in [2.75, 3.05) is 20.7 Å². The minimum Gasteiger partial charge on any atom is -0.410 e. The number of Topliss-reactive ketones (excluding diaryl/α,β-unsaturated/α-hetero) is 1. The summed E-state index contributed by atoms with van der Waals surface area (Å²) in [5.41, 5.74) is -1.36. The van der Waals surface area contributed by atoms with Crippen LogP contribution in [0.2, 0.25) is 19.6 Å². The molecule has 140 valence electrons. The van der Waals surface area contributed by atoms with Gasteiger partial charge in [-0.1, -0.05) is 30.3 Å². The molecule has 1 heterocycles. The minimum atomic E-state index is -1.93. The number of imide groups is 2. The highest BCUT2D eigenvalue weighted by Gasteiger charge is 2.57. The third-order valence-electron chi connectivity index (χ3n) is 4.31. The van der Waals surface area contributed by atoms with Gasteiger partial charge < -0.3 is 4.43 Å². The Morgan fingerprint density at radius 3 is 1.96 bits per heavy atom. The zero-order valence-electron chi connectivity index (χ0n) is 15.7. The largest absolute Gasteiger partial charge is 0.410 e. The van der Waals surface area contributed by atoms with Crippen LogP contribution in [0.25, 0.3) is 0 Å². The number of urea groups is 1. The van der Waals surface area contributed by atoms with E-state index in [4.69, 9.17) is 4.43 Å². The maximum absolute atomic E-state index is 13.0. The first-order chi connectivity index (χ1) is 12.0. The van der Waals surface area contributed by atoms with E-state index >= 15 is 0 Å². The lowest BCUT2D eigenvalue weighted by atomic mass is 9.73. The van der Waals surface area contributed by atoms with Crippen molar-refractivity contribution in [3.8, 4) is 0 Å². The van der Waals surface area contributed by atoms with Crippen molar-refractivity contribution in [3.63, 3.8) is 0 Å². The SMILES string of the molecule is CN1C(=O)N(C)C(=O)C(CC(=O)CO[Si](C)(C)C)(c2ccccc2)C1=O. The van der Waals surface area contributed by atoms with Gasteiger partial charge in [-0.2, -0.15) is 0 Å². The van der Waals surface area contributed by atoms with Crippen LogP contribution in [0.3, 0.4) is 0 Å². The van der Waals surface area contributed by atoms with Crippen molar-refractivity contribution < 1.29 is 23.6 Å². The second-order valence-corrected chi connectivity index (χ2v) is 11.9. The first-order valence-electron chi connectivity index (χ1n) is 8.32. The van der Waals surface area contributed by atoms with Gasteiger partial charge in [-0.05, 0) is 25.2 Å². The quantitative estimate of drug-likeness (QED) is 0.558. The van der Waals surface area contributed by atoms with Gasteiger partial charge in [0.1, 0.15) is 0 Å². The highest BCUT2D eigenvalue weighted by molar-refractivity contribution is 6.69. The molecule has 1 saturated heterocycles. The lowest BCUT2D eigenvalue weighted by molar-refractivity contribution is -0.153. The minimum absolute atomic E-state index is 0.160. The Bertz CT molecular complexity index is 718. The summed E-state index contributed by atoms with van der Waals surface area (Å²) in [6, 6.07) is 7.68. The molecule has 0 atom stereocenters. The predicted octanol–water partition coefficient (Wildman–Crippen LogP) is 1.79. The average Bonchev–Trinajstić information content (AvgIpc) is 2.60. The van der Waals surface area contributed by atoms with E-state index in [0.717, 1.165) is 9.80 Å². The summed E-state index contributed by atoms with van der Waals surface area (Å²) in [5.74, 6) is -1.74. The summed E-state index contributed by atoms with van der Waals surface area (Å²) in [7, 11) is 0.701. The molecule has 1 fully saturated rings. The Labute approximate surface area is 154 Å². The first-order valence-corrected chi connectivity index (χ1v) is 11.7. The summed E-state index contributed by atoms with van der Waals surface area (Å²) < 4.78 is 5.63. The molecule has 0 aromatic heterocycles. The van der Waals surface area contributed by atoms with Crippen LogP contribution in [-0.4, -0.2) is 62.4 Å². The van der Waals surface area contributed by atoms with E-state index in [2.05, 4.69) is 0 Å². The van der Waals surface area contributed by atoms with Crippen LogP contribution in [0.1, 0.15) is 12.0 Å². The second-order valence-electron chi connectivity index (χ2n) is 7.40. The molecule has 8 heteroatoms. The maximum atomic E-state index is 13.0. The molecule has 26 heavy (non-hydrogen) atoms. The van der Waals surface area contributed by atoms with Crippen molar-refractivity contribution in [2.24, 2.45) is 0 Å². The molecule has 0 N–H and O–H groups in total. The van der Waals surface area contributed by atoms with E-state index < -0.39 is 31.6 Å². The fraction of sp³-hybridized carbons (Fsp3) is 0.444. The van der Waals surface area contributed by atoms with Gasteiger partial charge in [0.15, 0.2) is 19.5 Å². The van der Waals surface area contributed by atoms with Gasteiger partial charge in [-0.15, -0.1) is 0 Å². The van der Waals surface area contributed by atoms with E-state index in [1.54, 1.807) is 30.3 Å². The highest BCUT2D eigenvalue weighted by Crippen LogP contribution is 2.36. The number of carbonyl (C=O) groups excluding carboxylic acids is 4. The number of ketones is 1. The summed E-state index contributed by atoms with van der Waals surface area (Å²) in [4.78, 5) is 52.5. The summed E-state index contributed by atoms with van der Waals surface area (Å²) >= 11 is 0. The van der Waals surface area contributed by atoms with Crippen LogP contribution < -0.4 is 0 Å². The van der Waals surface area contributed by atoms with Gasteiger partial charge in [-0.3, -0.25) is 24.2 Å². The third kappa shape index (κ3) is 3.61. The van der Waals surface area contributed by atoms with Crippen molar-refractivity contribution in [1.29, 1.82) is 0 Å². The van der Waals surface area contributed by atoms with E-state index in [0.29, 0.717) is 5.56 Å². The Morgan fingerprint density at radius 1 is 1.00 bits per heavy atom. The normalized spacial score (nSPS) is 17.7. The van der Waals surface area contributed by atoms with Crippen LogP contribution in [0, 0.1) is 0 Å². The first kappa shape index (κ1) is 20.0. The van der Waals surface area contributed by atoms with Gasteiger partial charge >= 0.3 is 6.03 Å². The predicted molar refractivity (Wildman–Crippen MR) is 98.0 cm³/mol. The third-order valence-corrected chi connectivity index (χ3v) is 5.32. The summed E-state index contributed by atoms with van der Waals surface area (Å²) in [6.07, 6.45) is -0.346. The van der Waals surface area contributed by atoms with Crippen molar-refractivity contribution in [3.05, 3.63) is 35.9 Å². The smallest absolute Gasteiger partial charge is 0.332 e. The monoisotopic (exact) mass is 376 g/mol. The number of benzene rings is 1. The number of nitrogens with zero attached hydrogens (tertiary/aromatic N) is 2. The van der Waals surface area contributed by atoms with Gasteiger partial charge in [0.05, 0.1) is 6.61 Å². The Hall–Kier alpha value is -2.32. The number of carbonyl (C=O) groups is 4. The number of hydrogen-bond donors (Lipinski definition) is 0. The van der Waals surface area contributed by atoms with E-state index in [1.807, 2.05) is 19.6 Å². The van der Waals surface area contributed by atoms with Crippen LogP contribution >= 0.6 is 0 Å². The van der Waals surface area contributed by atoms with Gasteiger partial charge in [-0.25, -0.2) is 4.79 Å². The van der Waals surface area contributed by atoms with Crippen LogP contribution in [0.15, 0.2) is 30.3 Å². The number of amides is 4. The highest BCUT2D eigenvalue weighted by atomic mass is 28.4. The molecule has 7 nitrogen and oxygen atoms in total. The topological polar surface area (TPSA) is 84.0 Å². The van der Waals surface area contributed by atoms with Gasteiger partial charge in [0, 0.05) is 20.5 Å². The zero-order valence-corrected chi connectivity index (χ0v) is 16.7. The molecule has 0 aliphatic carbocycles. The standard InChI is InChI=1S/C18H24N2O5Si/c1-19-15(22)18(13-9-7-6-8-10-13,16(23)20(2)17(19)24)11-14(21)12-25-26(3,4)5/h6-10H,11-12H2,1-5H3. The van der Waals surface area contributed by atoms with Crippen LogP contribution in [-0.2, 0) is 24.2 Å². The van der Waals surface area contributed by atoms with Crippen LogP contribution in [0.4, 0.5) is 4.79 Å². The van der Waals surface area contributed by atoms with Crippen molar-refractivity contribution in [1.82, 2.24) is 9.80 Å². The fourth-order valence-electron chi connectivity index (χ4n) is 2.93. The Kier molecular flexibility index (Phi) is 5.48. The molecule has 4 amide bonds. The number of likely N-dealkylation sites (N-methyl/N-ethyl adjacent to an activating group) is 2. The lowest BCUT2D eigenvalue weighted by Crippen LogP contribution is -2.65. The number of barbiturate groups is 1. The van der Waals surface area contributed by atoms with Crippen LogP contribution in [0.5, 0.6) is 0 Å². The molecule has 0 unspecified atom stereocenters. The molecule has 0 radical (unpaired) electrons. The molecule has 1 aliphatic heterocycles. The molecule has 1 aromatic rings. The summed E-state index contributed by atoms with van der Waals surface area (Å²) in [6.45, 7) is 5.69. The van der Waals surface area contributed by atoms with Gasteiger partial charge in [0.2, 0.25) is 0 Å². The summed E-state index contributed by atoms with van der Waals surface area (Å²) in [5, 5.41) is 0. The number of hydrogen-bond acceptors (Lipinski definition) is 5. The fourth-order valence-corrected chi connectivity index (χ4v) is 3.52. The molecule has 1 aromatic carbocycles. The van der Waals surface area contributed by atoms with Crippen molar-refractivity contribution in [2.45, 2.75) is 31.5 Å². The molecular weight excluding hydrogens is 352 g/mol. The average molecular weight is 376 g/mol. The molecule has 0 bridgehead atoms. The van der Waals surface area contributed by atoms with E-state index in [9.17, 15) is 19.2 Å². The molecule has 0 saturated carbocycles. The van der Waals surface area contributed by atoms with Gasteiger partial charge in [0.25, 0.3) is 11.8 Å². The Balaban J connectivity index is 2.47. The molecule has 2 rings (SSSR count). The van der Waals surface area contributed by atoms with E-state index in [1.165, 1.54) is 14.1 Å². The maximum Gasteiger partial charge on any atom is 0.332 e. The lowest BCUT2D eigenvalue weighted by Gasteiger charge is -2.41. The van der Waals surface area contributed by atoms with E-state index in [-0.39, 0.29) is 18.8 Å². The zero-order chi connectivity index (χ0) is 19.7. The molecule has 0 spiro atoms.